The normalized spacial score (nSPS) is 10.9. The molecule has 0 atom stereocenters. The highest BCUT2D eigenvalue weighted by Crippen LogP contribution is 2.23. The van der Waals surface area contributed by atoms with E-state index in [9.17, 15) is 0 Å². The van der Waals surface area contributed by atoms with Crippen molar-refractivity contribution in [2.75, 3.05) is 5.32 Å². The number of anilines is 2. The molecule has 0 fully saturated rings. The maximum absolute atomic E-state index is 4.41. The molecule has 0 aliphatic heterocycles. The number of nitrogens with one attached hydrogen (secondary N) is 1. The lowest BCUT2D eigenvalue weighted by molar-refractivity contribution is 0.768. The predicted octanol–water partition coefficient (Wildman–Crippen LogP) is 3.42. The summed E-state index contributed by atoms with van der Waals surface area (Å²) in [5, 5.41) is 12.0. The summed E-state index contributed by atoms with van der Waals surface area (Å²) >= 11 is 0. The van der Waals surface area contributed by atoms with Crippen LogP contribution in [0.1, 0.15) is 11.6 Å². The first-order chi connectivity index (χ1) is 12.6. The number of nitrogens with zero attached hydrogens (tertiary/aromatic N) is 6. The molecule has 130 valence electrons. The predicted molar refractivity (Wildman–Crippen MR) is 101 cm³/mol. The van der Waals surface area contributed by atoms with Gasteiger partial charge in [0.05, 0.1) is 11.9 Å². The maximum Gasteiger partial charge on any atom is 0.148 e. The number of hydrogen-bond acceptors (Lipinski definition) is 5. The Morgan fingerprint density at radius 3 is 2.46 bits per heavy atom. The fourth-order valence-corrected chi connectivity index (χ4v) is 2.85. The Morgan fingerprint density at radius 2 is 1.81 bits per heavy atom. The summed E-state index contributed by atoms with van der Waals surface area (Å²) in [5.74, 6) is 2.42. The minimum Gasteiger partial charge on any atom is -0.340 e. The number of aryl methyl sites for hydroxylation is 3. The minimum absolute atomic E-state index is 0.765. The van der Waals surface area contributed by atoms with Crippen molar-refractivity contribution >= 4 is 11.5 Å². The van der Waals surface area contributed by atoms with Crippen LogP contribution >= 0.6 is 0 Å². The first-order valence-electron chi connectivity index (χ1n) is 8.31. The average molecular weight is 345 g/mol. The Labute approximate surface area is 151 Å². The molecule has 0 aliphatic carbocycles. The molecule has 3 heterocycles. The van der Waals surface area contributed by atoms with E-state index in [-0.39, 0.29) is 0 Å². The molecule has 0 spiro atoms. The van der Waals surface area contributed by atoms with Gasteiger partial charge in [0.2, 0.25) is 0 Å². The van der Waals surface area contributed by atoms with Crippen molar-refractivity contribution in [3.63, 3.8) is 0 Å². The molecule has 0 saturated heterocycles. The summed E-state index contributed by atoms with van der Waals surface area (Å²) in [5.41, 5.74) is 4.07. The van der Waals surface area contributed by atoms with E-state index in [4.69, 9.17) is 0 Å². The van der Waals surface area contributed by atoms with Crippen molar-refractivity contribution in [3.8, 4) is 16.8 Å². The first kappa shape index (κ1) is 16.0. The van der Waals surface area contributed by atoms with E-state index in [1.165, 1.54) is 0 Å². The second-order valence-corrected chi connectivity index (χ2v) is 6.12. The number of rotatable bonds is 4. The van der Waals surface area contributed by atoms with Crippen LogP contribution in [0.2, 0.25) is 0 Å². The van der Waals surface area contributed by atoms with Crippen LogP contribution in [0.25, 0.3) is 16.8 Å². The van der Waals surface area contributed by atoms with E-state index < -0.39 is 0 Å². The zero-order valence-corrected chi connectivity index (χ0v) is 14.9. The number of benzene rings is 1. The summed E-state index contributed by atoms with van der Waals surface area (Å²) in [6.45, 7) is 3.83. The summed E-state index contributed by atoms with van der Waals surface area (Å²) < 4.78 is 3.62. The second kappa shape index (κ2) is 6.44. The summed E-state index contributed by atoms with van der Waals surface area (Å²) in [6, 6.07) is 12.0. The quantitative estimate of drug-likeness (QED) is 0.613. The molecule has 3 aromatic heterocycles. The van der Waals surface area contributed by atoms with Crippen molar-refractivity contribution in [2.24, 2.45) is 7.05 Å². The number of hydrogen-bond donors (Lipinski definition) is 1. The van der Waals surface area contributed by atoms with Crippen LogP contribution in [0.3, 0.4) is 0 Å². The lowest BCUT2D eigenvalue weighted by Crippen LogP contribution is -2.00. The van der Waals surface area contributed by atoms with Crippen LogP contribution in [0.4, 0.5) is 11.5 Å². The number of pyridine rings is 1. The highest BCUT2D eigenvalue weighted by Gasteiger charge is 2.06. The number of aromatic nitrogens is 6. The molecule has 0 aliphatic rings. The van der Waals surface area contributed by atoms with Gasteiger partial charge in [0.25, 0.3) is 0 Å². The van der Waals surface area contributed by atoms with Gasteiger partial charge in [0.1, 0.15) is 17.5 Å². The third-order valence-corrected chi connectivity index (χ3v) is 4.06. The summed E-state index contributed by atoms with van der Waals surface area (Å²) in [7, 11) is 1.91. The van der Waals surface area contributed by atoms with Gasteiger partial charge in [-0.2, -0.15) is 10.2 Å². The van der Waals surface area contributed by atoms with Gasteiger partial charge in [-0.3, -0.25) is 4.68 Å². The third-order valence-electron chi connectivity index (χ3n) is 4.06. The zero-order chi connectivity index (χ0) is 18.1. The smallest absolute Gasteiger partial charge is 0.148 e. The SMILES string of the molecule is Cc1nc(C)n(-c2ccc(Nc3cc(-c4cnn(C)c4)ccn3)cc2)n1. The molecule has 7 heteroatoms. The largest absolute Gasteiger partial charge is 0.340 e. The van der Waals surface area contributed by atoms with Gasteiger partial charge in [-0.1, -0.05) is 0 Å². The molecule has 1 N–H and O–H groups in total. The molecule has 0 bridgehead atoms. The molecule has 0 radical (unpaired) electrons. The van der Waals surface area contributed by atoms with E-state index in [0.29, 0.717) is 0 Å². The molecule has 0 amide bonds. The maximum atomic E-state index is 4.41. The molecule has 26 heavy (non-hydrogen) atoms. The van der Waals surface area contributed by atoms with Crippen LogP contribution in [-0.2, 0) is 7.05 Å². The van der Waals surface area contributed by atoms with Gasteiger partial charge in [-0.25, -0.2) is 14.6 Å². The Morgan fingerprint density at radius 1 is 1.00 bits per heavy atom. The molecule has 4 aromatic rings. The second-order valence-electron chi connectivity index (χ2n) is 6.12. The minimum atomic E-state index is 0.765. The van der Waals surface area contributed by atoms with Gasteiger partial charge >= 0.3 is 0 Å². The average Bonchev–Trinajstić information content (AvgIpc) is 3.21. The van der Waals surface area contributed by atoms with Gasteiger partial charge in [-0.05, 0) is 55.8 Å². The third kappa shape index (κ3) is 3.19. The van der Waals surface area contributed by atoms with Gasteiger partial charge < -0.3 is 5.32 Å². The van der Waals surface area contributed by atoms with Crippen molar-refractivity contribution < 1.29 is 0 Å². The van der Waals surface area contributed by atoms with Crippen molar-refractivity contribution in [1.29, 1.82) is 0 Å². The molecule has 0 saturated carbocycles. The fourth-order valence-electron chi connectivity index (χ4n) is 2.85. The Balaban J connectivity index is 1.55. The van der Waals surface area contributed by atoms with E-state index >= 15 is 0 Å². The van der Waals surface area contributed by atoms with E-state index in [2.05, 4.69) is 25.5 Å². The van der Waals surface area contributed by atoms with Crippen molar-refractivity contribution in [2.45, 2.75) is 13.8 Å². The Bertz CT molecular complexity index is 1040. The molecule has 7 nitrogen and oxygen atoms in total. The van der Waals surface area contributed by atoms with E-state index in [0.717, 1.165) is 40.0 Å². The summed E-state index contributed by atoms with van der Waals surface area (Å²) in [6.07, 6.45) is 5.62. The van der Waals surface area contributed by atoms with Crippen molar-refractivity contribution in [1.82, 2.24) is 29.5 Å². The van der Waals surface area contributed by atoms with Crippen LogP contribution in [0, 0.1) is 13.8 Å². The fraction of sp³-hybridized carbons (Fsp3) is 0.158. The van der Waals surface area contributed by atoms with Gasteiger partial charge in [-0.15, -0.1) is 0 Å². The van der Waals surface area contributed by atoms with Gasteiger partial charge in [0, 0.05) is 30.7 Å². The van der Waals surface area contributed by atoms with E-state index in [1.807, 2.05) is 74.4 Å². The highest BCUT2D eigenvalue weighted by molar-refractivity contribution is 5.67. The standard InChI is InChI=1S/C19H19N7/c1-13-22-14(2)26(24-13)18-6-4-17(5-7-18)23-19-10-15(8-9-20-19)16-11-21-25(3)12-16/h4-12H,1-3H3,(H,20,23). The molecule has 4 rings (SSSR count). The van der Waals surface area contributed by atoms with E-state index in [1.54, 1.807) is 10.9 Å². The molecule has 0 unspecified atom stereocenters. The highest BCUT2D eigenvalue weighted by atomic mass is 15.3. The monoisotopic (exact) mass is 345 g/mol. The molecule has 1 aromatic carbocycles. The zero-order valence-electron chi connectivity index (χ0n) is 14.9. The van der Waals surface area contributed by atoms with Crippen LogP contribution in [0.15, 0.2) is 55.0 Å². The molecular weight excluding hydrogens is 326 g/mol. The van der Waals surface area contributed by atoms with Crippen LogP contribution < -0.4 is 5.32 Å². The lowest BCUT2D eigenvalue weighted by Gasteiger charge is -2.08. The Hall–Kier alpha value is -3.48. The lowest BCUT2D eigenvalue weighted by atomic mass is 10.1. The topological polar surface area (TPSA) is 73.5 Å². The van der Waals surface area contributed by atoms with Crippen molar-refractivity contribution in [3.05, 3.63) is 66.6 Å². The first-order valence-corrected chi connectivity index (χ1v) is 8.31. The Kier molecular flexibility index (Phi) is 3.96. The van der Waals surface area contributed by atoms with Crippen LogP contribution in [-0.4, -0.2) is 29.5 Å². The van der Waals surface area contributed by atoms with Gasteiger partial charge in [0.15, 0.2) is 0 Å². The molecular formula is C19H19N7. The van der Waals surface area contributed by atoms with Crippen LogP contribution in [0.5, 0.6) is 0 Å². The summed E-state index contributed by atoms with van der Waals surface area (Å²) in [4.78, 5) is 8.74.